The minimum absolute atomic E-state index is 0.0528. The van der Waals surface area contributed by atoms with Gasteiger partial charge in [0.15, 0.2) is 5.65 Å². The number of hydrogen-bond donors (Lipinski definition) is 2. The predicted octanol–water partition coefficient (Wildman–Crippen LogP) is 3.08. The number of carbonyl (C=O) groups is 2. The number of amides is 2. The standard InChI is InChI=1S/C30H31N9O3/c1-17-25(15-34-39(17)22-6-4-18(5-7-22)20-14-32-37(2)16-20)28(41)35-21-9-30(10-21)11-23(12-30)42-29-24(26(31)40)8-19-13-33-38(3)27(19)36-29/h4-8,13-16,21,23H,9-12H2,1-3H3,(H2,31,40)(H,35,41)/t21-,23-,30?. The van der Waals surface area contributed by atoms with E-state index in [1.165, 1.54) is 0 Å². The quantitative estimate of drug-likeness (QED) is 0.308. The molecule has 0 radical (unpaired) electrons. The zero-order valence-electron chi connectivity index (χ0n) is 23.6. The molecule has 2 aliphatic rings. The molecule has 0 saturated heterocycles. The van der Waals surface area contributed by atoms with Gasteiger partial charge >= 0.3 is 0 Å². The van der Waals surface area contributed by atoms with E-state index in [4.69, 9.17) is 10.5 Å². The van der Waals surface area contributed by atoms with E-state index in [0.29, 0.717) is 11.2 Å². The third kappa shape index (κ3) is 4.39. The molecule has 0 aliphatic heterocycles. The van der Waals surface area contributed by atoms with Gasteiger partial charge in [0.2, 0.25) is 5.88 Å². The lowest BCUT2D eigenvalue weighted by Crippen LogP contribution is -2.58. The number of primary amides is 1. The molecule has 214 valence electrons. The van der Waals surface area contributed by atoms with E-state index < -0.39 is 5.91 Å². The smallest absolute Gasteiger partial charge is 0.254 e. The molecule has 4 heterocycles. The molecule has 4 aromatic heterocycles. The molecule has 2 fully saturated rings. The fourth-order valence-electron chi connectivity index (χ4n) is 6.42. The summed E-state index contributed by atoms with van der Waals surface area (Å²) in [4.78, 5) is 29.7. The monoisotopic (exact) mass is 565 g/mol. The third-order valence-electron chi connectivity index (χ3n) is 8.64. The molecule has 2 aliphatic carbocycles. The Balaban J connectivity index is 0.950. The van der Waals surface area contributed by atoms with Gasteiger partial charge in [-0.1, -0.05) is 12.1 Å². The number of benzene rings is 1. The van der Waals surface area contributed by atoms with Crippen LogP contribution in [-0.4, -0.2) is 58.3 Å². The lowest BCUT2D eigenvalue weighted by Gasteiger charge is -2.57. The van der Waals surface area contributed by atoms with Gasteiger partial charge in [0.05, 0.1) is 35.5 Å². The van der Waals surface area contributed by atoms with E-state index in [1.54, 1.807) is 39.6 Å². The van der Waals surface area contributed by atoms with Crippen molar-refractivity contribution in [1.82, 2.24) is 39.6 Å². The van der Waals surface area contributed by atoms with Gasteiger partial charge in [-0.15, -0.1) is 0 Å². The second kappa shape index (κ2) is 9.54. The van der Waals surface area contributed by atoms with Crippen molar-refractivity contribution in [2.45, 2.75) is 44.8 Å². The summed E-state index contributed by atoms with van der Waals surface area (Å²) in [6.07, 6.45) is 10.5. The number of pyridine rings is 1. The average Bonchev–Trinajstić information content (AvgIpc) is 3.64. The molecule has 12 nitrogen and oxygen atoms in total. The molecule has 7 rings (SSSR count). The number of carbonyl (C=O) groups excluding carboxylic acids is 2. The minimum Gasteiger partial charge on any atom is -0.474 e. The summed E-state index contributed by atoms with van der Waals surface area (Å²) in [5.74, 6) is -0.441. The number of fused-ring (bicyclic) bond motifs is 1. The van der Waals surface area contributed by atoms with Crippen LogP contribution in [-0.2, 0) is 14.1 Å². The average molecular weight is 566 g/mol. The molecular weight excluding hydrogens is 534 g/mol. The van der Waals surface area contributed by atoms with Crippen molar-refractivity contribution in [3.63, 3.8) is 0 Å². The van der Waals surface area contributed by atoms with Crippen molar-refractivity contribution in [3.8, 4) is 22.7 Å². The molecule has 2 saturated carbocycles. The van der Waals surface area contributed by atoms with Crippen LogP contribution in [0.2, 0.25) is 0 Å². The lowest BCUT2D eigenvalue weighted by atomic mass is 9.53. The van der Waals surface area contributed by atoms with Crippen molar-refractivity contribution >= 4 is 22.8 Å². The third-order valence-corrected chi connectivity index (χ3v) is 8.64. The maximum Gasteiger partial charge on any atom is 0.254 e. The van der Waals surface area contributed by atoms with Gasteiger partial charge < -0.3 is 15.8 Å². The first-order chi connectivity index (χ1) is 20.2. The predicted molar refractivity (Wildman–Crippen MR) is 154 cm³/mol. The Bertz CT molecular complexity index is 1840. The molecule has 12 heteroatoms. The second-order valence-corrected chi connectivity index (χ2v) is 11.6. The van der Waals surface area contributed by atoms with Gasteiger partial charge in [0.1, 0.15) is 11.7 Å². The number of nitrogens with zero attached hydrogens (tertiary/aromatic N) is 7. The fourth-order valence-corrected chi connectivity index (χ4v) is 6.42. The molecule has 1 spiro atoms. The van der Waals surface area contributed by atoms with Crippen LogP contribution in [0.3, 0.4) is 0 Å². The molecule has 0 atom stereocenters. The van der Waals surface area contributed by atoms with Gasteiger partial charge in [0, 0.05) is 37.3 Å². The minimum atomic E-state index is -0.580. The summed E-state index contributed by atoms with van der Waals surface area (Å²) in [5.41, 5.74) is 11.0. The molecular formula is C30H31N9O3. The van der Waals surface area contributed by atoms with E-state index in [2.05, 4.69) is 25.6 Å². The van der Waals surface area contributed by atoms with Gasteiger partial charge in [-0.05, 0) is 61.8 Å². The Morgan fingerprint density at radius 2 is 1.74 bits per heavy atom. The highest BCUT2D eigenvalue weighted by Crippen LogP contribution is 2.57. The number of aromatic nitrogens is 7. The fraction of sp³-hybridized carbons (Fsp3) is 0.333. The van der Waals surface area contributed by atoms with E-state index in [1.807, 2.05) is 50.6 Å². The molecule has 1 aromatic carbocycles. The molecule has 42 heavy (non-hydrogen) atoms. The molecule has 2 amide bonds. The number of ether oxygens (including phenoxy) is 1. The van der Waals surface area contributed by atoms with Crippen LogP contribution in [0.1, 0.15) is 52.1 Å². The maximum atomic E-state index is 13.1. The van der Waals surface area contributed by atoms with Crippen LogP contribution in [0.15, 0.2) is 55.1 Å². The van der Waals surface area contributed by atoms with Crippen molar-refractivity contribution in [2.75, 3.05) is 0 Å². The zero-order valence-corrected chi connectivity index (χ0v) is 23.6. The first-order valence-corrected chi connectivity index (χ1v) is 13.9. The van der Waals surface area contributed by atoms with Gasteiger partial charge in [0.25, 0.3) is 11.8 Å². The van der Waals surface area contributed by atoms with Gasteiger partial charge in [-0.2, -0.15) is 20.3 Å². The van der Waals surface area contributed by atoms with Crippen LogP contribution >= 0.6 is 0 Å². The van der Waals surface area contributed by atoms with E-state index in [-0.39, 0.29) is 34.9 Å². The van der Waals surface area contributed by atoms with E-state index in [9.17, 15) is 9.59 Å². The zero-order chi connectivity index (χ0) is 29.2. The second-order valence-electron chi connectivity index (χ2n) is 11.6. The largest absolute Gasteiger partial charge is 0.474 e. The summed E-state index contributed by atoms with van der Waals surface area (Å²) in [6.45, 7) is 1.91. The summed E-state index contributed by atoms with van der Waals surface area (Å²) < 4.78 is 11.3. The van der Waals surface area contributed by atoms with Crippen molar-refractivity contribution < 1.29 is 14.3 Å². The Hall–Kier alpha value is -5.00. The molecule has 0 unspecified atom stereocenters. The SMILES string of the molecule is Cc1c(C(=O)N[C@H]2CC3(C2)C[C@H](Oc2nc4c(cnn4C)cc2C(N)=O)C3)cnn1-c1ccc(-c2cnn(C)c2)cc1. The molecule has 3 N–H and O–H groups in total. The molecule has 5 aromatic rings. The maximum absolute atomic E-state index is 13.1. The van der Waals surface area contributed by atoms with E-state index in [0.717, 1.165) is 53.6 Å². The normalized spacial score (nSPS) is 21.2. The number of rotatable bonds is 7. The van der Waals surface area contributed by atoms with Crippen LogP contribution < -0.4 is 15.8 Å². The number of nitrogens with one attached hydrogen (secondary N) is 1. The number of nitrogens with two attached hydrogens (primary N) is 1. The van der Waals surface area contributed by atoms with Crippen molar-refractivity contribution in [1.29, 1.82) is 0 Å². The Morgan fingerprint density at radius 3 is 2.43 bits per heavy atom. The van der Waals surface area contributed by atoms with Crippen LogP contribution in [0.4, 0.5) is 0 Å². The molecule has 0 bridgehead atoms. The topological polar surface area (TPSA) is 148 Å². The van der Waals surface area contributed by atoms with Gasteiger partial charge in [-0.3, -0.25) is 19.0 Å². The van der Waals surface area contributed by atoms with Crippen LogP contribution in [0.25, 0.3) is 27.8 Å². The highest BCUT2D eigenvalue weighted by Gasteiger charge is 2.54. The lowest BCUT2D eigenvalue weighted by molar-refractivity contribution is -0.0847. The summed E-state index contributed by atoms with van der Waals surface area (Å²) in [5, 5.41) is 16.8. The van der Waals surface area contributed by atoms with Crippen molar-refractivity contribution in [3.05, 3.63) is 71.9 Å². The number of hydrogen-bond acceptors (Lipinski definition) is 7. The van der Waals surface area contributed by atoms with Crippen molar-refractivity contribution in [2.24, 2.45) is 25.2 Å². The summed E-state index contributed by atoms with van der Waals surface area (Å²) in [6, 6.07) is 9.82. The first-order valence-electron chi connectivity index (χ1n) is 13.9. The summed E-state index contributed by atoms with van der Waals surface area (Å²) in [7, 11) is 3.68. The Labute approximate surface area is 241 Å². The highest BCUT2D eigenvalue weighted by molar-refractivity contribution is 5.98. The Morgan fingerprint density at radius 1 is 0.976 bits per heavy atom. The van der Waals surface area contributed by atoms with E-state index >= 15 is 0 Å². The summed E-state index contributed by atoms with van der Waals surface area (Å²) >= 11 is 0. The Kier molecular flexibility index (Phi) is 5.89. The first kappa shape index (κ1) is 25.9. The van der Waals surface area contributed by atoms with Crippen LogP contribution in [0, 0.1) is 12.3 Å². The van der Waals surface area contributed by atoms with Gasteiger partial charge in [-0.25, -0.2) is 4.68 Å². The highest BCUT2D eigenvalue weighted by atomic mass is 16.5. The van der Waals surface area contributed by atoms with Crippen LogP contribution in [0.5, 0.6) is 5.88 Å². The number of aryl methyl sites for hydroxylation is 2.